The highest BCUT2D eigenvalue weighted by molar-refractivity contribution is 5.89. The van der Waals surface area contributed by atoms with Gasteiger partial charge < -0.3 is 14.6 Å². The molecule has 3 aromatic rings. The summed E-state index contributed by atoms with van der Waals surface area (Å²) in [5.74, 6) is -0.936. The molecule has 10 nitrogen and oxygen atoms in total. The number of imidazole rings is 1. The minimum absolute atomic E-state index is 0.184. The molecule has 0 bridgehead atoms. The Hall–Kier alpha value is -3.69. The van der Waals surface area contributed by atoms with Gasteiger partial charge in [0.05, 0.1) is 19.0 Å². The lowest BCUT2D eigenvalue weighted by Gasteiger charge is -2.09. The number of hydrogen-bond donors (Lipinski definition) is 1. The van der Waals surface area contributed by atoms with E-state index in [4.69, 9.17) is 0 Å². The molecule has 1 N–H and O–H groups in total. The number of hydrogen-bond acceptors (Lipinski definition) is 6. The van der Waals surface area contributed by atoms with E-state index >= 15 is 0 Å². The lowest BCUT2D eigenvalue weighted by atomic mass is 10.1. The number of methoxy groups -OCH3 is 1. The molecular formula is C18H19N5O5. The third kappa shape index (κ3) is 3.43. The van der Waals surface area contributed by atoms with Crippen LogP contribution in [0.25, 0.3) is 11.2 Å². The molecule has 2 heterocycles. The van der Waals surface area contributed by atoms with Crippen molar-refractivity contribution in [2.75, 3.05) is 7.11 Å². The first-order valence-electron chi connectivity index (χ1n) is 8.38. The molecule has 0 radical (unpaired) electrons. The Bertz CT molecular complexity index is 1170. The van der Waals surface area contributed by atoms with Crippen molar-refractivity contribution in [1.29, 1.82) is 0 Å². The Kier molecular flexibility index (Phi) is 5.12. The molecule has 1 amide bonds. The van der Waals surface area contributed by atoms with E-state index in [0.717, 1.165) is 10.1 Å². The third-order valence-corrected chi connectivity index (χ3v) is 4.37. The maximum atomic E-state index is 12.6. The average Bonchev–Trinajstić information content (AvgIpc) is 3.09. The highest BCUT2D eigenvalue weighted by atomic mass is 16.5. The van der Waals surface area contributed by atoms with E-state index in [1.165, 1.54) is 29.6 Å². The van der Waals surface area contributed by atoms with Gasteiger partial charge in [0.2, 0.25) is 5.91 Å². The van der Waals surface area contributed by atoms with Crippen LogP contribution in [0.15, 0.2) is 40.2 Å². The summed E-state index contributed by atoms with van der Waals surface area (Å²) >= 11 is 0. The Labute approximate surface area is 159 Å². The first-order chi connectivity index (χ1) is 13.3. The molecule has 0 spiro atoms. The predicted molar refractivity (Wildman–Crippen MR) is 99.8 cm³/mol. The van der Waals surface area contributed by atoms with Gasteiger partial charge in [-0.25, -0.2) is 19.1 Å². The molecule has 10 heteroatoms. The Morgan fingerprint density at radius 2 is 1.82 bits per heavy atom. The van der Waals surface area contributed by atoms with Gasteiger partial charge in [0, 0.05) is 20.6 Å². The van der Waals surface area contributed by atoms with Gasteiger partial charge in [-0.15, -0.1) is 0 Å². The van der Waals surface area contributed by atoms with Crippen LogP contribution in [-0.4, -0.2) is 37.7 Å². The van der Waals surface area contributed by atoms with E-state index in [2.05, 4.69) is 15.0 Å². The van der Waals surface area contributed by atoms with E-state index in [0.29, 0.717) is 5.56 Å². The topological polar surface area (TPSA) is 117 Å². The number of amides is 1. The monoisotopic (exact) mass is 385 g/mol. The van der Waals surface area contributed by atoms with Crippen LogP contribution in [0.4, 0.5) is 0 Å². The van der Waals surface area contributed by atoms with Crippen molar-refractivity contribution < 1.29 is 14.3 Å². The second kappa shape index (κ2) is 7.51. The van der Waals surface area contributed by atoms with Gasteiger partial charge in [0.15, 0.2) is 11.2 Å². The lowest BCUT2D eigenvalue weighted by molar-refractivity contribution is -0.121. The smallest absolute Gasteiger partial charge is 0.337 e. The lowest BCUT2D eigenvalue weighted by Crippen LogP contribution is -2.43. The Morgan fingerprint density at radius 3 is 2.46 bits per heavy atom. The quantitative estimate of drug-likeness (QED) is 0.594. The molecule has 0 atom stereocenters. The number of carbonyl (C=O) groups is 2. The fourth-order valence-corrected chi connectivity index (χ4v) is 2.81. The van der Waals surface area contributed by atoms with Crippen molar-refractivity contribution >= 4 is 23.0 Å². The second-order valence-corrected chi connectivity index (χ2v) is 6.23. The average molecular weight is 385 g/mol. The van der Waals surface area contributed by atoms with Crippen molar-refractivity contribution in [3.63, 3.8) is 0 Å². The normalized spacial score (nSPS) is 10.8. The largest absolute Gasteiger partial charge is 0.465 e. The Balaban J connectivity index is 1.75. The summed E-state index contributed by atoms with van der Waals surface area (Å²) in [6.45, 7) is -0.226. The number of fused-ring (bicyclic) bond motifs is 1. The number of aromatic nitrogens is 4. The van der Waals surface area contributed by atoms with Crippen molar-refractivity contribution in [2.45, 2.75) is 13.1 Å². The number of nitrogens with one attached hydrogen (secondary N) is 1. The second-order valence-electron chi connectivity index (χ2n) is 6.23. The van der Waals surface area contributed by atoms with Gasteiger partial charge in [-0.3, -0.25) is 14.2 Å². The molecule has 0 aliphatic heterocycles. The number of carbonyl (C=O) groups excluding carboxylic acids is 2. The van der Waals surface area contributed by atoms with Gasteiger partial charge in [-0.1, -0.05) is 12.1 Å². The molecule has 146 valence electrons. The van der Waals surface area contributed by atoms with E-state index in [1.54, 1.807) is 31.3 Å². The minimum Gasteiger partial charge on any atom is -0.465 e. The summed E-state index contributed by atoms with van der Waals surface area (Å²) in [5.41, 5.74) is 0.470. The van der Waals surface area contributed by atoms with Gasteiger partial charge >= 0.3 is 11.7 Å². The van der Waals surface area contributed by atoms with E-state index in [9.17, 15) is 19.2 Å². The van der Waals surface area contributed by atoms with Crippen molar-refractivity contribution in [3.8, 4) is 0 Å². The maximum absolute atomic E-state index is 12.6. The highest BCUT2D eigenvalue weighted by Gasteiger charge is 2.16. The summed E-state index contributed by atoms with van der Waals surface area (Å²) in [7, 11) is 4.43. The molecule has 0 unspecified atom stereocenters. The molecule has 2 aromatic heterocycles. The standard InChI is InChI=1S/C18H19N5O5/c1-21-10-20-15-14(21)16(25)23(18(27)22(15)2)9-13(24)19-8-11-4-6-12(7-5-11)17(26)28-3/h4-7,10H,8-9H2,1-3H3,(H,19,24). The first kappa shape index (κ1) is 19.1. The molecule has 0 saturated heterocycles. The molecule has 0 fully saturated rings. The summed E-state index contributed by atoms with van der Waals surface area (Å²) in [6.07, 6.45) is 1.44. The van der Waals surface area contributed by atoms with Crippen molar-refractivity contribution in [1.82, 2.24) is 24.0 Å². The molecular weight excluding hydrogens is 366 g/mol. The van der Waals surface area contributed by atoms with Crippen LogP contribution in [0.2, 0.25) is 0 Å². The van der Waals surface area contributed by atoms with Gasteiger partial charge in [0.25, 0.3) is 5.56 Å². The van der Waals surface area contributed by atoms with Crippen LogP contribution >= 0.6 is 0 Å². The molecule has 0 aliphatic rings. The van der Waals surface area contributed by atoms with Gasteiger partial charge in [0.1, 0.15) is 6.54 Å². The van der Waals surface area contributed by atoms with E-state index < -0.39 is 29.7 Å². The van der Waals surface area contributed by atoms with Crippen LogP contribution in [0.3, 0.4) is 0 Å². The maximum Gasteiger partial charge on any atom is 0.337 e. The van der Waals surface area contributed by atoms with Gasteiger partial charge in [-0.05, 0) is 17.7 Å². The van der Waals surface area contributed by atoms with E-state index in [-0.39, 0.29) is 17.7 Å². The summed E-state index contributed by atoms with van der Waals surface area (Å²) in [6, 6.07) is 6.53. The summed E-state index contributed by atoms with van der Waals surface area (Å²) in [4.78, 5) is 52.7. The molecule has 28 heavy (non-hydrogen) atoms. The van der Waals surface area contributed by atoms with E-state index in [1.807, 2.05) is 0 Å². The van der Waals surface area contributed by atoms with Crippen LogP contribution in [-0.2, 0) is 36.7 Å². The van der Waals surface area contributed by atoms with Crippen molar-refractivity contribution in [3.05, 3.63) is 62.6 Å². The first-order valence-corrected chi connectivity index (χ1v) is 8.38. The zero-order valence-corrected chi connectivity index (χ0v) is 15.6. The number of nitrogens with zero attached hydrogens (tertiary/aromatic N) is 4. The molecule has 0 saturated carbocycles. The fraction of sp³-hybridized carbons (Fsp3) is 0.278. The number of esters is 1. The van der Waals surface area contributed by atoms with Crippen LogP contribution in [0.5, 0.6) is 0 Å². The fourth-order valence-electron chi connectivity index (χ4n) is 2.81. The number of aryl methyl sites for hydroxylation is 2. The van der Waals surface area contributed by atoms with Gasteiger partial charge in [-0.2, -0.15) is 0 Å². The third-order valence-electron chi connectivity index (χ3n) is 4.37. The highest BCUT2D eigenvalue weighted by Crippen LogP contribution is 2.06. The molecule has 3 rings (SSSR count). The number of ether oxygens (including phenoxy) is 1. The van der Waals surface area contributed by atoms with Crippen LogP contribution < -0.4 is 16.6 Å². The molecule has 1 aromatic carbocycles. The van der Waals surface area contributed by atoms with Crippen molar-refractivity contribution in [2.24, 2.45) is 14.1 Å². The zero-order chi connectivity index (χ0) is 20.4. The SMILES string of the molecule is COC(=O)c1ccc(CNC(=O)Cn2c(=O)c3c(ncn3C)n(C)c2=O)cc1. The zero-order valence-electron chi connectivity index (χ0n) is 15.6. The number of benzene rings is 1. The predicted octanol–water partition coefficient (Wildman–Crippen LogP) is -0.463. The summed E-state index contributed by atoms with van der Waals surface area (Å²) in [5, 5.41) is 2.66. The molecule has 0 aliphatic carbocycles. The number of rotatable bonds is 5. The van der Waals surface area contributed by atoms with Crippen LogP contribution in [0.1, 0.15) is 15.9 Å². The minimum atomic E-state index is -0.617. The Morgan fingerprint density at radius 1 is 1.14 bits per heavy atom. The summed E-state index contributed by atoms with van der Waals surface area (Å²) < 4.78 is 8.24. The van der Waals surface area contributed by atoms with Crippen LogP contribution in [0, 0.1) is 0 Å².